The van der Waals surface area contributed by atoms with Gasteiger partial charge in [-0.05, 0) is 24.6 Å². The van der Waals surface area contributed by atoms with Gasteiger partial charge >= 0.3 is 0 Å². The van der Waals surface area contributed by atoms with Crippen molar-refractivity contribution in [2.24, 2.45) is 0 Å². The second kappa shape index (κ2) is 4.66. The Kier molecular flexibility index (Phi) is 3.43. The summed E-state index contributed by atoms with van der Waals surface area (Å²) in [6.07, 6.45) is 0.991. The summed E-state index contributed by atoms with van der Waals surface area (Å²) in [4.78, 5) is 0. The van der Waals surface area contributed by atoms with E-state index < -0.39 is 6.10 Å². The topological polar surface area (TPSA) is 33.4 Å². The van der Waals surface area contributed by atoms with Crippen molar-refractivity contribution in [3.63, 3.8) is 0 Å². The van der Waals surface area contributed by atoms with Crippen molar-refractivity contribution in [3.05, 3.63) is 34.0 Å². The minimum absolute atomic E-state index is 0.397. The summed E-state index contributed by atoms with van der Waals surface area (Å²) >= 11 is 11.9. The molecule has 1 aromatic carbocycles. The van der Waals surface area contributed by atoms with E-state index in [9.17, 15) is 5.11 Å². The van der Waals surface area contributed by atoms with E-state index in [0.717, 1.165) is 11.8 Å². The first-order valence-corrected chi connectivity index (χ1v) is 5.94. The van der Waals surface area contributed by atoms with Crippen LogP contribution in [0.25, 0.3) is 11.0 Å². The molecule has 0 spiro atoms. The van der Waals surface area contributed by atoms with Crippen molar-refractivity contribution < 1.29 is 9.52 Å². The molecule has 0 saturated carbocycles. The van der Waals surface area contributed by atoms with Gasteiger partial charge in [-0.25, -0.2) is 0 Å². The summed E-state index contributed by atoms with van der Waals surface area (Å²) in [5.41, 5.74) is 0.541. The molecule has 0 radical (unpaired) electrons. The third-order valence-electron chi connectivity index (χ3n) is 2.49. The minimum atomic E-state index is -0.577. The molecule has 2 rings (SSSR count). The van der Waals surface area contributed by atoms with Crippen LogP contribution < -0.4 is 0 Å². The molecule has 16 heavy (non-hydrogen) atoms. The van der Waals surface area contributed by atoms with Crippen molar-refractivity contribution in [2.45, 2.75) is 25.9 Å². The molecule has 1 unspecified atom stereocenters. The highest BCUT2D eigenvalue weighted by atomic mass is 35.5. The summed E-state index contributed by atoms with van der Waals surface area (Å²) in [6.45, 7) is 2.01. The first kappa shape index (κ1) is 11.8. The van der Waals surface area contributed by atoms with Crippen LogP contribution in [0.15, 0.2) is 22.6 Å². The first-order chi connectivity index (χ1) is 7.63. The predicted octanol–water partition coefficient (Wildman–Crippen LogP) is 4.57. The van der Waals surface area contributed by atoms with Gasteiger partial charge in [0.05, 0.1) is 5.02 Å². The van der Waals surface area contributed by atoms with Crippen LogP contribution in [-0.2, 0) is 0 Å². The van der Waals surface area contributed by atoms with E-state index in [1.165, 1.54) is 0 Å². The SMILES string of the molecule is CCCC(O)c1cc2ccc(Cl)c(Cl)c2o1. The van der Waals surface area contributed by atoms with Crippen LogP contribution in [0.4, 0.5) is 0 Å². The molecule has 1 aromatic heterocycles. The number of rotatable bonds is 3. The average molecular weight is 259 g/mol. The Hall–Kier alpha value is -0.700. The zero-order valence-corrected chi connectivity index (χ0v) is 10.3. The Morgan fingerprint density at radius 3 is 2.81 bits per heavy atom. The van der Waals surface area contributed by atoms with Crippen molar-refractivity contribution in [3.8, 4) is 0 Å². The average Bonchev–Trinajstić information content (AvgIpc) is 2.69. The molecule has 0 aliphatic rings. The number of furan rings is 1. The smallest absolute Gasteiger partial charge is 0.154 e. The summed E-state index contributed by atoms with van der Waals surface area (Å²) in [6, 6.07) is 5.35. The van der Waals surface area contributed by atoms with Crippen LogP contribution in [0.3, 0.4) is 0 Å². The maximum Gasteiger partial charge on any atom is 0.154 e. The van der Waals surface area contributed by atoms with Crippen LogP contribution >= 0.6 is 23.2 Å². The fourth-order valence-electron chi connectivity index (χ4n) is 1.64. The van der Waals surface area contributed by atoms with Gasteiger partial charge in [0.1, 0.15) is 16.9 Å². The monoisotopic (exact) mass is 258 g/mol. The Balaban J connectivity index is 2.48. The summed E-state index contributed by atoms with van der Waals surface area (Å²) in [5, 5.41) is 11.5. The van der Waals surface area contributed by atoms with E-state index in [2.05, 4.69) is 0 Å². The lowest BCUT2D eigenvalue weighted by molar-refractivity contribution is 0.141. The highest BCUT2D eigenvalue weighted by Crippen LogP contribution is 2.34. The molecule has 86 valence electrons. The fraction of sp³-hybridized carbons (Fsp3) is 0.333. The molecule has 0 aliphatic carbocycles. The van der Waals surface area contributed by atoms with E-state index in [1.807, 2.05) is 13.0 Å². The van der Waals surface area contributed by atoms with Gasteiger partial charge in [0, 0.05) is 5.39 Å². The summed E-state index contributed by atoms with van der Waals surface area (Å²) < 4.78 is 5.53. The first-order valence-electron chi connectivity index (χ1n) is 5.19. The van der Waals surface area contributed by atoms with Crippen LogP contribution in [-0.4, -0.2) is 5.11 Å². The standard InChI is InChI=1S/C12H12Cl2O2/c1-2-3-9(15)10-6-7-4-5-8(13)11(14)12(7)16-10/h4-6,9,15H,2-3H2,1H3. The number of benzene rings is 1. The molecule has 0 saturated heterocycles. The third-order valence-corrected chi connectivity index (χ3v) is 3.28. The van der Waals surface area contributed by atoms with Gasteiger partial charge in [0.15, 0.2) is 5.58 Å². The maximum atomic E-state index is 9.81. The quantitative estimate of drug-likeness (QED) is 0.875. The number of halogens is 2. The van der Waals surface area contributed by atoms with Gasteiger partial charge in [-0.15, -0.1) is 0 Å². The molecule has 1 atom stereocenters. The van der Waals surface area contributed by atoms with Gasteiger partial charge in [0.25, 0.3) is 0 Å². The predicted molar refractivity (Wildman–Crippen MR) is 66.1 cm³/mol. The minimum Gasteiger partial charge on any atom is -0.457 e. The Bertz CT molecular complexity index is 505. The summed E-state index contributed by atoms with van der Waals surface area (Å²) in [7, 11) is 0. The molecule has 2 aromatic rings. The number of aliphatic hydroxyl groups excluding tert-OH is 1. The van der Waals surface area contributed by atoms with Crippen LogP contribution in [0.1, 0.15) is 31.6 Å². The van der Waals surface area contributed by atoms with Crippen molar-refractivity contribution in [2.75, 3.05) is 0 Å². The molecule has 2 nitrogen and oxygen atoms in total. The van der Waals surface area contributed by atoms with Crippen LogP contribution in [0, 0.1) is 0 Å². The molecule has 4 heteroatoms. The molecule has 0 aliphatic heterocycles. The lowest BCUT2D eigenvalue weighted by Crippen LogP contribution is -1.93. The summed E-state index contributed by atoms with van der Waals surface area (Å²) in [5.74, 6) is 0.543. The fourth-order valence-corrected chi connectivity index (χ4v) is 2.00. The largest absolute Gasteiger partial charge is 0.457 e. The van der Waals surface area contributed by atoms with Crippen LogP contribution in [0.2, 0.25) is 10.0 Å². The van der Waals surface area contributed by atoms with Crippen molar-refractivity contribution in [1.29, 1.82) is 0 Å². The van der Waals surface area contributed by atoms with Crippen molar-refractivity contribution in [1.82, 2.24) is 0 Å². The van der Waals surface area contributed by atoms with Gasteiger partial charge < -0.3 is 9.52 Å². The lowest BCUT2D eigenvalue weighted by Gasteiger charge is -2.03. The normalized spacial score (nSPS) is 13.2. The van der Waals surface area contributed by atoms with Gasteiger partial charge in [-0.3, -0.25) is 0 Å². The van der Waals surface area contributed by atoms with E-state index in [-0.39, 0.29) is 0 Å². The third kappa shape index (κ3) is 2.05. The van der Waals surface area contributed by atoms with E-state index >= 15 is 0 Å². The number of hydrogen-bond acceptors (Lipinski definition) is 2. The molecule has 0 fully saturated rings. The zero-order chi connectivity index (χ0) is 11.7. The van der Waals surface area contributed by atoms with Gasteiger partial charge in [-0.2, -0.15) is 0 Å². The Labute approximate surface area is 104 Å². The molecular formula is C12H12Cl2O2. The number of hydrogen-bond donors (Lipinski definition) is 1. The highest BCUT2D eigenvalue weighted by molar-refractivity contribution is 6.44. The molecule has 0 bridgehead atoms. The Morgan fingerprint density at radius 2 is 2.12 bits per heavy atom. The number of fused-ring (bicyclic) bond motifs is 1. The molecule has 1 heterocycles. The van der Waals surface area contributed by atoms with Crippen LogP contribution in [0.5, 0.6) is 0 Å². The zero-order valence-electron chi connectivity index (χ0n) is 8.84. The van der Waals surface area contributed by atoms with E-state index in [4.69, 9.17) is 27.6 Å². The molecular weight excluding hydrogens is 247 g/mol. The Morgan fingerprint density at radius 1 is 1.38 bits per heavy atom. The maximum absolute atomic E-state index is 9.81. The lowest BCUT2D eigenvalue weighted by atomic mass is 10.1. The second-order valence-corrected chi connectivity index (χ2v) is 4.52. The molecule has 0 amide bonds. The second-order valence-electron chi connectivity index (χ2n) is 3.73. The van der Waals surface area contributed by atoms with E-state index in [1.54, 1.807) is 12.1 Å². The molecule has 1 N–H and O–H groups in total. The van der Waals surface area contributed by atoms with Gasteiger partial charge in [-0.1, -0.05) is 36.5 Å². The van der Waals surface area contributed by atoms with Gasteiger partial charge in [0.2, 0.25) is 0 Å². The highest BCUT2D eigenvalue weighted by Gasteiger charge is 2.15. The number of aliphatic hydroxyl groups is 1. The van der Waals surface area contributed by atoms with E-state index in [0.29, 0.717) is 27.8 Å². The van der Waals surface area contributed by atoms with Crippen molar-refractivity contribution >= 4 is 34.2 Å².